The molecule has 1 aliphatic rings. The van der Waals surface area contributed by atoms with E-state index in [0.29, 0.717) is 18.4 Å². The van der Waals surface area contributed by atoms with Crippen LogP contribution in [0.25, 0.3) is 0 Å². The molecule has 0 saturated heterocycles. The first-order valence-corrected chi connectivity index (χ1v) is 5.49. The summed E-state index contributed by atoms with van der Waals surface area (Å²) in [6.45, 7) is 5.76. The highest BCUT2D eigenvalue weighted by Crippen LogP contribution is 2.33. The molecule has 78 valence electrons. The second kappa shape index (κ2) is 4.82. The third-order valence-corrected chi connectivity index (χ3v) is 2.81. The molecule has 0 amide bonds. The van der Waals surface area contributed by atoms with Crippen molar-refractivity contribution in [2.24, 2.45) is 0 Å². The lowest BCUT2D eigenvalue weighted by molar-refractivity contribution is -0.136. The Hall–Kier alpha value is -0.520. The maximum Gasteiger partial charge on any atom is 0.337 e. The number of rotatable bonds is 3. The summed E-state index contributed by atoms with van der Waals surface area (Å²) in [5.74, 6) is 0.446. The molecule has 1 atom stereocenters. The van der Waals surface area contributed by atoms with Gasteiger partial charge in [0.25, 0.3) is 0 Å². The van der Waals surface area contributed by atoms with E-state index >= 15 is 0 Å². The van der Waals surface area contributed by atoms with Crippen LogP contribution in [0, 0.1) is 0 Å². The van der Waals surface area contributed by atoms with Crippen LogP contribution >= 0.6 is 22.6 Å². The summed E-state index contributed by atoms with van der Waals surface area (Å²) in [5, 5.41) is 0. The van der Waals surface area contributed by atoms with E-state index in [1.807, 2.05) is 6.92 Å². The van der Waals surface area contributed by atoms with E-state index in [1.165, 1.54) is 7.11 Å². The molecule has 1 rings (SSSR count). The number of ether oxygens (including phenoxy) is 2. The number of carbonyl (C=O) groups excluding carboxylic acids is 1. The van der Waals surface area contributed by atoms with E-state index in [0.717, 1.165) is 9.34 Å². The predicted molar refractivity (Wildman–Crippen MR) is 62.0 cm³/mol. The van der Waals surface area contributed by atoms with E-state index in [9.17, 15) is 4.79 Å². The smallest absolute Gasteiger partial charge is 0.337 e. The SMILES string of the molecule is C=C(I)C1CC(C(=O)OC)=C(CC)O1. The van der Waals surface area contributed by atoms with Crippen molar-refractivity contribution < 1.29 is 14.3 Å². The average molecular weight is 308 g/mol. The second-order valence-corrected chi connectivity index (χ2v) is 4.39. The lowest BCUT2D eigenvalue weighted by Gasteiger charge is -2.09. The number of methoxy groups -OCH3 is 1. The minimum Gasteiger partial charge on any atom is -0.489 e. The fourth-order valence-electron chi connectivity index (χ4n) is 1.38. The van der Waals surface area contributed by atoms with Crippen LogP contribution in [-0.2, 0) is 14.3 Å². The Bertz CT molecular complexity index is 294. The maximum absolute atomic E-state index is 11.4. The molecule has 0 aromatic carbocycles. The zero-order valence-corrected chi connectivity index (χ0v) is 10.5. The molecule has 0 radical (unpaired) electrons. The molecule has 0 N–H and O–H groups in total. The molecule has 1 aliphatic heterocycles. The van der Waals surface area contributed by atoms with Gasteiger partial charge in [-0.3, -0.25) is 0 Å². The van der Waals surface area contributed by atoms with Gasteiger partial charge in [-0.05, 0) is 22.6 Å². The first kappa shape index (κ1) is 11.6. The van der Waals surface area contributed by atoms with Crippen molar-refractivity contribution >= 4 is 28.6 Å². The van der Waals surface area contributed by atoms with Crippen molar-refractivity contribution in [1.82, 2.24) is 0 Å². The topological polar surface area (TPSA) is 35.5 Å². The molecule has 14 heavy (non-hydrogen) atoms. The fraction of sp³-hybridized carbons (Fsp3) is 0.500. The van der Waals surface area contributed by atoms with Gasteiger partial charge in [-0.2, -0.15) is 0 Å². The molecule has 4 heteroatoms. The van der Waals surface area contributed by atoms with Gasteiger partial charge in [0.2, 0.25) is 0 Å². The molecule has 0 fully saturated rings. The van der Waals surface area contributed by atoms with Gasteiger partial charge >= 0.3 is 5.97 Å². The fourth-order valence-corrected chi connectivity index (χ4v) is 1.72. The average Bonchev–Trinajstić information content (AvgIpc) is 2.60. The standard InChI is InChI=1S/C10H13IO3/c1-4-8-7(10(12)13-3)5-9(14-8)6(2)11/h9H,2,4-5H2,1,3H3. The Balaban J connectivity index is 2.81. The molecular weight excluding hydrogens is 295 g/mol. The van der Waals surface area contributed by atoms with Crippen molar-refractivity contribution in [3.8, 4) is 0 Å². The number of halogens is 1. The van der Waals surface area contributed by atoms with Crippen LogP contribution in [0.2, 0.25) is 0 Å². The van der Waals surface area contributed by atoms with Crippen molar-refractivity contribution in [3.63, 3.8) is 0 Å². The Morgan fingerprint density at radius 1 is 1.79 bits per heavy atom. The first-order chi connectivity index (χ1) is 6.60. The Morgan fingerprint density at radius 2 is 2.43 bits per heavy atom. The summed E-state index contributed by atoms with van der Waals surface area (Å²) < 4.78 is 11.2. The highest BCUT2D eigenvalue weighted by atomic mass is 127. The highest BCUT2D eigenvalue weighted by Gasteiger charge is 2.30. The van der Waals surface area contributed by atoms with Crippen LogP contribution in [-0.4, -0.2) is 19.2 Å². The number of hydrogen-bond acceptors (Lipinski definition) is 3. The lowest BCUT2D eigenvalue weighted by atomic mass is 10.1. The molecule has 1 heterocycles. The second-order valence-electron chi connectivity index (χ2n) is 3.00. The normalized spacial score (nSPS) is 20.6. The Morgan fingerprint density at radius 3 is 2.86 bits per heavy atom. The maximum atomic E-state index is 11.4. The van der Waals surface area contributed by atoms with Gasteiger partial charge in [0.15, 0.2) is 0 Å². The van der Waals surface area contributed by atoms with Gasteiger partial charge in [-0.15, -0.1) is 0 Å². The molecule has 0 aliphatic carbocycles. The molecular formula is C10H13IO3. The van der Waals surface area contributed by atoms with Crippen LogP contribution in [0.1, 0.15) is 19.8 Å². The van der Waals surface area contributed by atoms with E-state index in [1.54, 1.807) is 0 Å². The van der Waals surface area contributed by atoms with E-state index in [2.05, 4.69) is 33.9 Å². The summed E-state index contributed by atoms with van der Waals surface area (Å²) in [5.41, 5.74) is 0.651. The number of carbonyl (C=O) groups is 1. The third-order valence-electron chi connectivity index (χ3n) is 2.11. The molecule has 0 saturated carbocycles. The molecule has 0 aromatic rings. The molecule has 0 bridgehead atoms. The van der Waals surface area contributed by atoms with Crippen LogP contribution in [0.4, 0.5) is 0 Å². The molecule has 3 nitrogen and oxygen atoms in total. The molecule has 1 unspecified atom stereocenters. The summed E-state index contributed by atoms with van der Waals surface area (Å²) in [6, 6.07) is 0. The monoisotopic (exact) mass is 308 g/mol. The summed E-state index contributed by atoms with van der Waals surface area (Å²) in [7, 11) is 1.38. The van der Waals surface area contributed by atoms with Crippen molar-refractivity contribution in [2.75, 3.05) is 7.11 Å². The van der Waals surface area contributed by atoms with Gasteiger partial charge in [-0.1, -0.05) is 13.5 Å². The molecule has 0 aromatic heterocycles. The lowest BCUT2D eigenvalue weighted by Crippen LogP contribution is -2.08. The van der Waals surface area contributed by atoms with Crippen molar-refractivity contribution in [1.29, 1.82) is 0 Å². The largest absolute Gasteiger partial charge is 0.489 e. The highest BCUT2D eigenvalue weighted by molar-refractivity contribution is 14.1. The third kappa shape index (κ3) is 2.29. The Labute approximate surface area is 97.3 Å². The van der Waals surface area contributed by atoms with Gasteiger partial charge in [0.05, 0.1) is 12.7 Å². The van der Waals surface area contributed by atoms with E-state index < -0.39 is 0 Å². The number of hydrogen-bond donors (Lipinski definition) is 0. The zero-order valence-electron chi connectivity index (χ0n) is 8.30. The van der Waals surface area contributed by atoms with E-state index in [4.69, 9.17) is 4.74 Å². The number of allylic oxidation sites excluding steroid dienone is 1. The van der Waals surface area contributed by atoms with Crippen LogP contribution < -0.4 is 0 Å². The molecule has 0 spiro atoms. The minimum atomic E-state index is -0.290. The van der Waals surface area contributed by atoms with Gasteiger partial charge in [0.1, 0.15) is 11.9 Å². The number of esters is 1. The quantitative estimate of drug-likeness (QED) is 0.594. The predicted octanol–water partition coefficient (Wildman–Crippen LogP) is 2.56. The van der Waals surface area contributed by atoms with Gasteiger partial charge in [0, 0.05) is 16.4 Å². The minimum absolute atomic E-state index is 0.0698. The zero-order chi connectivity index (χ0) is 10.7. The van der Waals surface area contributed by atoms with Gasteiger partial charge < -0.3 is 9.47 Å². The van der Waals surface area contributed by atoms with Crippen LogP contribution in [0.3, 0.4) is 0 Å². The summed E-state index contributed by atoms with van der Waals surface area (Å²) >= 11 is 2.12. The Kier molecular flexibility index (Phi) is 3.97. The summed E-state index contributed by atoms with van der Waals surface area (Å²) in [4.78, 5) is 11.4. The first-order valence-electron chi connectivity index (χ1n) is 4.41. The van der Waals surface area contributed by atoms with Crippen molar-refractivity contribution in [2.45, 2.75) is 25.9 Å². The summed E-state index contributed by atoms with van der Waals surface area (Å²) in [6.07, 6.45) is 1.22. The van der Waals surface area contributed by atoms with Crippen molar-refractivity contribution in [3.05, 3.63) is 21.5 Å². The van der Waals surface area contributed by atoms with Crippen LogP contribution in [0.5, 0.6) is 0 Å². The van der Waals surface area contributed by atoms with Crippen LogP contribution in [0.15, 0.2) is 21.5 Å². The van der Waals surface area contributed by atoms with E-state index in [-0.39, 0.29) is 12.1 Å². The van der Waals surface area contributed by atoms with Gasteiger partial charge in [-0.25, -0.2) is 4.79 Å².